The summed E-state index contributed by atoms with van der Waals surface area (Å²) in [4.78, 5) is 11.1. The van der Waals surface area contributed by atoms with E-state index in [-0.39, 0.29) is 0 Å². The van der Waals surface area contributed by atoms with Crippen molar-refractivity contribution in [3.05, 3.63) is 29.3 Å². The molecule has 1 aromatic carbocycles. The number of rotatable bonds is 2. The summed E-state index contributed by atoms with van der Waals surface area (Å²) < 4.78 is 30.1. The van der Waals surface area contributed by atoms with Gasteiger partial charge in [0.2, 0.25) is 0 Å². The maximum atomic E-state index is 13.1. The molecule has 0 atom stereocenters. The highest BCUT2D eigenvalue weighted by atomic mass is 19.1. The van der Waals surface area contributed by atoms with Gasteiger partial charge in [0.1, 0.15) is 11.6 Å². The van der Waals surface area contributed by atoms with Crippen molar-refractivity contribution in [3.8, 4) is 0 Å². The Kier molecular flexibility index (Phi) is 3.38. The second kappa shape index (κ2) is 4.37. The Labute approximate surface area is 84.2 Å². The van der Waals surface area contributed by atoms with Crippen LogP contribution in [0.2, 0.25) is 0 Å². The van der Waals surface area contributed by atoms with Crippen molar-refractivity contribution in [1.29, 1.82) is 0 Å². The predicted octanol–water partition coefficient (Wildman–Crippen LogP) is -0.569. The molecule has 0 radical (unpaired) electrons. The molecule has 0 aromatic heterocycles. The Hall–Kier alpha value is -1.47. The summed E-state index contributed by atoms with van der Waals surface area (Å²) in [6, 6.07) is 1.11. The van der Waals surface area contributed by atoms with E-state index < -0.39 is 35.7 Å². The van der Waals surface area contributed by atoms with Crippen molar-refractivity contribution in [1.82, 2.24) is 0 Å². The molecule has 0 heterocycles. The molecule has 0 spiro atoms. The maximum absolute atomic E-state index is 13.1. The van der Waals surface area contributed by atoms with Gasteiger partial charge in [-0.25, -0.2) is 13.6 Å². The summed E-state index contributed by atoms with van der Waals surface area (Å²) in [6.07, 6.45) is 0. The van der Waals surface area contributed by atoms with E-state index in [1.807, 2.05) is 0 Å². The summed E-state index contributed by atoms with van der Waals surface area (Å²) in [5.41, 5.74) is -1.26. The molecule has 0 aliphatic carbocycles. The summed E-state index contributed by atoms with van der Waals surface area (Å²) in [6.45, 7) is 0. The smallest absolute Gasteiger partial charge is 0.465 e. The van der Waals surface area contributed by atoms with Gasteiger partial charge in [0.15, 0.2) is 0 Å². The molecular formula is C8H7BF2O4. The number of methoxy groups -OCH3 is 1. The Bertz CT molecular complexity index is 394. The molecule has 1 aromatic rings. The molecule has 0 amide bonds. The van der Waals surface area contributed by atoms with Crippen LogP contribution in [0.15, 0.2) is 12.1 Å². The first kappa shape index (κ1) is 11.6. The van der Waals surface area contributed by atoms with Crippen LogP contribution in [0, 0.1) is 11.6 Å². The minimum atomic E-state index is -2.15. The molecular weight excluding hydrogens is 209 g/mol. The molecule has 1 rings (SSSR count). The van der Waals surface area contributed by atoms with Crippen molar-refractivity contribution in [2.45, 2.75) is 0 Å². The molecule has 0 unspecified atom stereocenters. The first-order valence-corrected chi connectivity index (χ1v) is 3.90. The third kappa shape index (κ3) is 2.31. The standard InChI is InChI=1S/C8H7BF2O4/c1-15-8(12)7-5(9(13)14)2-4(10)3-6(7)11/h2-3,13-14H,1H3. The summed E-state index contributed by atoms with van der Waals surface area (Å²) >= 11 is 0. The van der Waals surface area contributed by atoms with E-state index in [0.717, 1.165) is 7.11 Å². The van der Waals surface area contributed by atoms with Gasteiger partial charge >= 0.3 is 13.1 Å². The Morgan fingerprint density at radius 3 is 2.47 bits per heavy atom. The van der Waals surface area contributed by atoms with Crippen molar-refractivity contribution in [2.75, 3.05) is 7.11 Å². The van der Waals surface area contributed by atoms with E-state index in [2.05, 4.69) is 4.74 Å². The van der Waals surface area contributed by atoms with Crippen LogP contribution in [-0.2, 0) is 4.74 Å². The van der Waals surface area contributed by atoms with E-state index >= 15 is 0 Å². The molecule has 80 valence electrons. The molecule has 0 bridgehead atoms. The molecule has 0 aliphatic heterocycles. The third-order valence-corrected chi connectivity index (χ3v) is 1.75. The first-order valence-electron chi connectivity index (χ1n) is 3.90. The fourth-order valence-electron chi connectivity index (χ4n) is 1.11. The average Bonchev–Trinajstić information content (AvgIpc) is 2.15. The van der Waals surface area contributed by atoms with Gasteiger partial charge in [-0.2, -0.15) is 0 Å². The van der Waals surface area contributed by atoms with Crippen LogP contribution in [0.25, 0.3) is 0 Å². The molecule has 15 heavy (non-hydrogen) atoms. The molecule has 0 fully saturated rings. The lowest BCUT2D eigenvalue weighted by molar-refractivity contribution is 0.0596. The fourth-order valence-corrected chi connectivity index (χ4v) is 1.11. The minimum Gasteiger partial charge on any atom is -0.465 e. The van der Waals surface area contributed by atoms with E-state index in [1.54, 1.807) is 0 Å². The SMILES string of the molecule is COC(=O)c1c(F)cc(F)cc1B(O)O. The largest absolute Gasteiger partial charge is 0.489 e. The first-order chi connectivity index (χ1) is 6.97. The van der Waals surface area contributed by atoms with Crippen LogP contribution in [0.1, 0.15) is 10.4 Å². The normalized spacial score (nSPS) is 9.93. The topological polar surface area (TPSA) is 66.8 Å². The molecule has 4 nitrogen and oxygen atoms in total. The minimum absolute atomic E-state index is 0.456. The van der Waals surface area contributed by atoms with Gasteiger partial charge in [-0.1, -0.05) is 0 Å². The van der Waals surface area contributed by atoms with Crippen LogP contribution < -0.4 is 5.46 Å². The number of benzene rings is 1. The number of hydrogen-bond donors (Lipinski definition) is 2. The second-order valence-electron chi connectivity index (χ2n) is 2.72. The molecule has 2 N–H and O–H groups in total. The van der Waals surface area contributed by atoms with Crippen molar-refractivity contribution >= 4 is 18.6 Å². The number of carbonyl (C=O) groups excluding carboxylic acids is 1. The van der Waals surface area contributed by atoms with Crippen LogP contribution in [0.5, 0.6) is 0 Å². The van der Waals surface area contributed by atoms with Gasteiger partial charge in [0.25, 0.3) is 0 Å². The number of hydrogen-bond acceptors (Lipinski definition) is 4. The van der Waals surface area contributed by atoms with Crippen LogP contribution in [-0.4, -0.2) is 30.2 Å². The van der Waals surface area contributed by atoms with Crippen molar-refractivity contribution in [3.63, 3.8) is 0 Å². The fraction of sp³-hybridized carbons (Fsp3) is 0.125. The lowest BCUT2D eigenvalue weighted by atomic mass is 9.76. The van der Waals surface area contributed by atoms with Crippen LogP contribution in [0.3, 0.4) is 0 Å². The average molecular weight is 216 g/mol. The predicted molar refractivity (Wildman–Crippen MR) is 47.5 cm³/mol. The van der Waals surface area contributed by atoms with E-state index in [1.165, 1.54) is 0 Å². The Morgan fingerprint density at radius 1 is 1.40 bits per heavy atom. The summed E-state index contributed by atoms with van der Waals surface area (Å²) in [5, 5.41) is 17.6. The van der Waals surface area contributed by atoms with E-state index in [0.29, 0.717) is 12.1 Å². The van der Waals surface area contributed by atoms with Crippen LogP contribution >= 0.6 is 0 Å². The molecule has 7 heteroatoms. The molecule has 0 saturated heterocycles. The van der Waals surface area contributed by atoms with E-state index in [4.69, 9.17) is 10.0 Å². The second-order valence-corrected chi connectivity index (χ2v) is 2.72. The summed E-state index contributed by atoms with van der Waals surface area (Å²) in [5.74, 6) is -3.32. The zero-order valence-corrected chi connectivity index (χ0v) is 7.70. The highest BCUT2D eigenvalue weighted by Gasteiger charge is 2.25. The third-order valence-electron chi connectivity index (χ3n) is 1.75. The highest BCUT2D eigenvalue weighted by molar-refractivity contribution is 6.60. The molecule has 0 saturated carbocycles. The van der Waals surface area contributed by atoms with Gasteiger partial charge < -0.3 is 14.8 Å². The lowest BCUT2D eigenvalue weighted by Crippen LogP contribution is -2.36. The monoisotopic (exact) mass is 216 g/mol. The van der Waals surface area contributed by atoms with Crippen LogP contribution in [0.4, 0.5) is 8.78 Å². The van der Waals surface area contributed by atoms with Crippen molar-refractivity contribution < 1.29 is 28.4 Å². The number of ether oxygens (including phenoxy) is 1. The van der Waals surface area contributed by atoms with Gasteiger partial charge in [-0.3, -0.25) is 0 Å². The lowest BCUT2D eigenvalue weighted by Gasteiger charge is -2.08. The maximum Gasteiger partial charge on any atom is 0.489 e. The van der Waals surface area contributed by atoms with Gasteiger partial charge in [-0.05, 0) is 6.07 Å². The number of carbonyl (C=O) groups is 1. The van der Waals surface area contributed by atoms with Gasteiger partial charge in [-0.15, -0.1) is 0 Å². The zero-order chi connectivity index (χ0) is 11.6. The highest BCUT2D eigenvalue weighted by Crippen LogP contribution is 2.09. The Morgan fingerprint density at radius 2 is 2.00 bits per heavy atom. The van der Waals surface area contributed by atoms with Gasteiger partial charge in [0, 0.05) is 11.5 Å². The number of halogens is 2. The van der Waals surface area contributed by atoms with E-state index in [9.17, 15) is 13.6 Å². The number of esters is 1. The van der Waals surface area contributed by atoms with Gasteiger partial charge in [0.05, 0.1) is 12.7 Å². The summed E-state index contributed by atoms with van der Waals surface area (Å²) in [7, 11) is -1.15. The Balaban J connectivity index is 3.40. The van der Waals surface area contributed by atoms with Crippen molar-refractivity contribution in [2.24, 2.45) is 0 Å². The quantitative estimate of drug-likeness (QED) is 0.513. The zero-order valence-electron chi connectivity index (χ0n) is 7.70. The molecule has 0 aliphatic rings.